The molecule has 1 heterocycles. The van der Waals surface area contributed by atoms with Crippen molar-refractivity contribution in [3.8, 4) is 11.6 Å². The molecule has 0 radical (unpaired) electrons. The zero-order valence-electron chi connectivity index (χ0n) is 11.1. The van der Waals surface area contributed by atoms with Gasteiger partial charge in [-0.15, -0.1) is 11.8 Å². The third-order valence-corrected chi connectivity index (χ3v) is 3.82. The summed E-state index contributed by atoms with van der Waals surface area (Å²) in [7, 11) is 0. The van der Waals surface area contributed by atoms with E-state index in [4.69, 9.17) is 27.9 Å². The molecule has 20 heavy (non-hydrogen) atoms. The molecule has 1 N–H and O–H groups in total. The number of halogens is 2. The fraction of sp³-hybridized carbons (Fsp3) is 0.214. The predicted octanol–water partition coefficient (Wildman–Crippen LogP) is 5.33. The van der Waals surface area contributed by atoms with Crippen molar-refractivity contribution >= 4 is 40.8 Å². The molecule has 0 aliphatic rings. The Morgan fingerprint density at radius 3 is 2.50 bits per heavy atom. The number of hydrogen-bond donors (Lipinski definition) is 1. The fourth-order valence-corrected chi connectivity index (χ4v) is 2.44. The average molecular weight is 329 g/mol. The summed E-state index contributed by atoms with van der Waals surface area (Å²) in [5.41, 5.74) is 0. The zero-order valence-corrected chi connectivity index (χ0v) is 13.4. The van der Waals surface area contributed by atoms with Crippen LogP contribution in [0.3, 0.4) is 0 Å². The first-order chi connectivity index (χ1) is 9.63. The Morgan fingerprint density at radius 2 is 1.90 bits per heavy atom. The molecule has 0 unspecified atom stereocenters. The summed E-state index contributed by atoms with van der Waals surface area (Å²) in [4.78, 5) is 5.46. The first kappa shape index (κ1) is 15.3. The van der Waals surface area contributed by atoms with Crippen molar-refractivity contribution in [1.29, 1.82) is 0 Å². The summed E-state index contributed by atoms with van der Waals surface area (Å²) in [6.45, 7) is 2.69. The lowest BCUT2D eigenvalue weighted by Gasteiger charge is -2.11. The molecule has 0 bridgehead atoms. The first-order valence-corrected chi connectivity index (χ1v) is 8.04. The van der Waals surface area contributed by atoms with Gasteiger partial charge in [-0.25, -0.2) is 0 Å². The van der Waals surface area contributed by atoms with E-state index < -0.39 is 0 Å². The van der Waals surface area contributed by atoms with Gasteiger partial charge in [0.05, 0.1) is 5.02 Å². The molecule has 1 aromatic carbocycles. The Balaban J connectivity index is 2.25. The number of rotatable bonds is 5. The van der Waals surface area contributed by atoms with Crippen LogP contribution >= 0.6 is 35.0 Å². The summed E-state index contributed by atoms with van der Waals surface area (Å²) in [6.07, 6.45) is 2.02. The fourth-order valence-electron chi connectivity index (χ4n) is 1.57. The lowest BCUT2D eigenvalue weighted by atomic mass is 10.3. The molecule has 0 spiro atoms. The third-order valence-electron chi connectivity index (χ3n) is 2.52. The zero-order chi connectivity index (χ0) is 14.5. The predicted molar refractivity (Wildman–Crippen MR) is 86.7 cm³/mol. The van der Waals surface area contributed by atoms with Crippen LogP contribution in [0.4, 0.5) is 5.82 Å². The normalized spacial score (nSPS) is 10.4. The van der Waals surface area contributed by atoms with Crippen LogP contribution in [0.5, 0.6) is 11.6 Å². The highest BCUT2D eigenvalue weighted by Crippen LogP contribution is 2.33. The number of thioether (sulfide) groups is 1. The molecule has 2 rings (SSSR count). The molecule has 0 saturated heterocycles. The van der Waals surface area contributed by atoms with Crippen LogP contribution in [0.25, 0.3) is 0 Å². The highest BCUT2D eigenvalue weighted by Gasteiger charge is 2.11. The van der Waals surface area contributed by atoms with E-state index in [9.17, 15) is 0 Å². The van der Waals surface area contributed by atoms with Gasteiger partial charge in [-0.3, -0.25) is 0 Å². The number of nitrogens with one attached hydrogen (secondary N) is 1. The van der Waals surface area contributed by atoms with Gasteiger partial charge < -0.3 is 10.1 Å². The number of benzene rings is 1. The molecule has 106 valence electrons. The minimum Gasteiger partial charge on any atom is -0.437 e. The van der Waals surface area contributed by atoms with Crippen molar-refractivity contribution in [2.75, 3.05) is 18.1 Å². The number of pyridine rings is 1. The summed E-state index contributed by atoms with van der Waals surface area (Å²) < 4.78 is 5.70. The quantitative estimate of drug-likeness (QED) is 0.751. The molecule has 0 aliphatic carbocycles. The Bertz CT molecular complexity index is 590. The summed E-state index contributed by atoms with van der Waals surface area (Å²) >= 11 is 13.8. The molecular weight excluding hydrogens is 315 g/mol. The van der Waals surface area contributed by atoms with Crippen LogP contribution in [0, 0.1) is 0 Å². The smallest absolute Gasteiger partial charge is 0.240 e. The summed E-state index contributed by atoms with van der Waals surface area (Å²) in [6, 6.07) is 9.35. The topological polar surface area (TPSA) is 34.2 Å². The van der Waals surface area contributed by atoms with E-state index >= 15 is 0 Å². The van der Waals surface area contributed by atoms with Gasteiger partial charge in [-0.05, 0) is 43.5 Å². The van der Waals surface area contributed by atoms with Gasteiger partial charge >= 0.3 is 0 Å². The van der Waals surface area contributed by atoms with E-state index in [0.29, 0.717) is 27.5 Å². The number of nitrogens with zero attached hydrogens (tertiary/aromatic N) is 1. The third kappa shape index (κ3) is 3.72. The van der Waals surface area contributed by atoms with E-state index in [0.717, 1.165) is 6.54 Å². The van der Waals surface area contributed by atoms with Crippen molar-refractivity contribution in [3.63, 3.8) is 0 Å². The molecule has 3 nitrogen and oxygen atoms in total. The van der Waals surface area contributed by atoms with Crippen LogP contribution in [-0.2, 0) is 0 Å². The molecule has 2 aromatic rings. The highest BCUT2D eigenvalue weighted by molar-refractivity contribution is 7.98. The largest absolute Gasteiger partial charge is 0.437 e. The van der Waals surface area contributed by atoms with Crippen molar-refractivity contribution in [2.45, 2.75) is 11.8 Å². The van der Waals surface area contributed by atoms with Crippen LogP contribution in [0.1, 0.15) is 6.92 Å². The molecule has 0 atom stereocenters. The Labute approximate surface area is 132 Å². The summed E-state index contributed by atoms with van der Waals surface area (Å²) in [5, 5.41) is 3.92. The maximum atomic E-state index is 6.11. The van der Waals surface area contributed by atoms with Gasteiger partial charge in [-0.2, -0.15) is 4.98 Å². The Kier molecular flexibility index (Phi) is 5.40. The van der Waals surface area contributed by atoms with E-state index in [1.54, 1.807) is 17.8 Å². The van der Waals surface area contributed by atoms with Gasteiger partial charge in [0.15, 0.2) is 0 Å². The second-order valence-electron chi connectivity index (χ2n) is 3.91. The highest BCUT2D eigenvalue weighted by atomic mass is 35.5. The SMILES string of the molecule is CCNc1nc(Oc2ccc(SC)cc2)c(Cl)cc1Cl. The second-order valence-corrected chi connectivity index (χ2v) is 5.61. The van der Waals surface area contributed by atoms with Gasteiger partial charge in [0.25, 0.3) is 0 Å². The average Bonchev–Trinajstić information content (AvgIpc) is 2.45. The Morgan fingerprint density at radius 1 is 1.20 bits per heavy atom. The number of ether oxygens (including phenoxy) is 1. The van der Waals surface area contributed by atoms with Gasteiger partial charge in [0.1, 0.15) is 16.6 Å². The lowest BCUT2D eigenvalue weighted by Crippen LogP contribution is -2.01. The standard InChI is InChI=1S/C14H14Cl2N2OS/c1-3-17-13-11(15)8-12(16)14(18-13)19-9-4-6-10(20-2)7-5-9/h4-8H,3H2,1-2H3,(H,17,18). The second kappa shape index (κ2) is 7.07. The van der Waals surface area contributed by atoms with Crippen LogP contribution in [0.2, 0.25) is 10.0 Å². The molecule has 6 heteroatoms. The van der Waals surface area contributed by atoms with Crippen LogP contribution in [-0.4, -0.2) is 17.8 Å². The minimum atomic E-state index is 0.337. The van der Waals surface area contributed by atoms with E-state index in [-0.39, 0.29) is 0 Å². The maximum absolute atomic E-state index is 6.11. The molecular formula is C14H14Cl2N2OS. The van der Waals surface area contributed by atoms with Crippen LogP contribution in [0.15, 0.2) is 35.2 Å². The van der Waals surface area contributed by atoms with E-state index in [2.05, 4.69) is 10.3 Å². The van der Waals surface area contributed by atoms with E-state index in [1.165, 1.54) is 4.90 Å². The van der Waals surface area contributed by atoms with Crippen LogP contribution < -0.4 is 10.1 Å². The lowest BCUT2D eigenvalue weighted by molar-refractivity contribution is 0.463. The maximum Gasteiger partial charge on any atom is 0.240 e. The van der Waals surface area contributed by atoms with Crippen molar-refractivity contribution in [2.24, 2.45) is 0 Å². The molecule has 0 fully saturated rings. The number of aromatic nitrogens is 1. The minimum absolute atomic E-state index is 0.337. The number of anilines is 1. The van der Waals surface area contributed by atoms with E-state index in [1.807, 2.05) is 37.4 Å². The molecule has 0 amide bonds. The molecule has 1 aromatic heterocycles. The van der Waals surface area contributed by atoms with Crippen molar-refractivity contribution in [3.05, 3.63) is 40.4 Å². The Hall–Kier alpha value is -1.10. The van der Waals surface area contributed by atoms with Gasteiger partial charge in [-0.1, -0.05) is 23.2 Å². The first-order valence-electron chi connectivity index (χ1n) is 6.06. The molecule has 0 aliphatic heterocycles. The molecule has 0 saturated carbocycles. The van der Waals surface area contributed by atoms with Crippen molar-refractivity contribution < 1.29 is 4.74 Å². The van der Waals surface area contributed by atoms with Gasteiger partial charge in [0.2, 0.25) is 5.88 Å². The van der Waals surface area contributed by atoms with Gasteiger partial charge in [0, 0.05) is 11.4 Å². The number of hydrogen-bond acceptors (Lipinski definition) is 4. The van der Waals surface area contributed by atoms with Crippen molar-refractivity contribution in [1.82, 2.24) is 4.98 Å². The summed E-state index contributed by atoms with van der Waals surface area (Å²) in [5.74, 6) is 1.58. The monoisotopic (exact) mass is 328 g/mol.